The molecule has 0 aromatic heterocycles. The summed E-state index contributed by atoms with van der Waals surface area (Å²) in [5.41, 5.74) is 4.07. The van der Waals surface area contributed by atoms with Crippen LogP contribution in [0.4, 0.5) is 0 Å². The molecule has 8 nitrogen and oxygen atoms in total. The molecule has 2 atom stereocenters. The Morgan fingerprint density at radius 3 is 2.08 bits per heavy atom. The number of likely N-dealkylation sites (tertiary alicyclic amines) is 1. The van der Waals surface area contributed by atoms with Gasteiger partial charge in [-0.05, 0) is 80.0 Å². The van der Waals surface area contributed by atoms with Crippen molar-refractivity contribution in [2.45, 2.75) is 151 Å². The van der Waals surface area contributed by atoms with Crippen LogP contribution in [0.5, 0.6) is 0 Å². The second-order valence-corrected chi connectivity index (χ2v) is 14.6. The highest BCUT2D eigenvalue weighted by Crippen LogP contribution is 2.30. The van der Waals surface area contributed by atoms with Gasteiger partial charge in [-0.25, -0.2) is 13.2 Å². The number of rotatable bonds is 13. The highest BCUT2D eigenvalue weighted by molar-refractivity contribution is 7.90. The SMILES string of the molecule is CC.CC.CC.CCCC.Cc1ccccc1-c1cc(CN2CCCC2COC2CCCCC2)ccc1C(=O)NC(CCS(C)(=O)=O)C(=O)O. The molecule has 2 fully saturated rings. The summed E-state index contributed by atoms with van der Waals surface area (Å²) in [5.74, 6) is -2.12. The lowest BCUT2D eigenvalue weighted by Gasteiger charge is -2.28. The summed E-state index contributed by atoms with van der Waals surface area (Å²) < 4.78 is 29.5. The van der Waals surface area contributed by atoms with Gasteiger partial charge in [-0.3, -0.25) is 9.69 Å². The third-order valence-corrected chi connectivity index (χ3v) is 9.58. The smallest absolute Gasteiger partial charge is 0.326 e. The molecule has 2 unspecified atom stereocenters. The molecule has 2 aromatic carbocycles. The Labute approximate surface area is 305 Å². The summed E-state index contributed by atoms with van der Waals surface area (Å²) in [4.78, 5) is 27.6. The lowest BCUT2D eigenvalue weighted by Crippen LogP contribution is -2.42. The van der Waals surface area contributed by atoms with Gasteiger partial charge in [0.1, 0.15) is 15.9 Å². The number of carboxylic acid groups (broad SMARTS) is 1. The first-order valence-electron chi connectivity index (χ1n) is 19.3. The predicted molar refractivity (Wildman–Crippen MR) is 211 cm³/mol. The number of ether oxygens (including phenoxy) is 1. The predicted octanol–water partition coefficient (Wildman–Crippen LogP) is 9.48. The van der Waals surface area contributed by atoms with Crippen molar-refractivity contribution < 1.29 is 27.9 Å². The number of hydrogen-bond donors (Lipinski definition) is 2. The summed E-state index contributed by atoms with van der Waals surface area (Å²) in [7, 11) is -3.37. The van der Waals surface area contributed by atoms with Crippen LogP contribution < -0.4 is 5.32 Å². The van der Waals surface area contributed by atoms with Gasteiger partial charge in [0.25, 0.3) is 5.91 Å². The number of aryl methyl sites for hydroxylation is 1. The number of benzene rings is 2. The molecule has 0 radical (unpaired) electrons. The minimum atomic E-state index is -3.37. The number of hydrogen-bond acceptors (Lipinski definition) is 6. The van der Waals surface area contributed by atoms with Crippen LogP contribution in [-0.2, 0) is 25.9 Å². The van der Waals surface area contributed by atoms with Crippen LogP contribution in [0.2, 0.25) is 0 Å². The van der Waals surface area contributed by atoms with Crippen molar-refractivity contribution in [2.24, 2.45) is 0 Å². The van der Waals surface area contributed by atoms with Crippen molar-refractivity contribution in [3.8, 4) is 11.1 Å². The molecule has 1 saturated carbocycles. The second kappa shape index (κ2) is 27.0. The van der Waals surface area contributed by atoms with Gasteiger partial charge in [-0.2, -0.15) is 0 Å². The van der Waals surface area contributed by atoms with Crippen molar-refractivity contribution in [3.63, 3.8) is 0 Å². The van der Waals surface area contributed by atoms with E-state index in [0.29, 0.717) is 17.7 Å². The molecule has 0 spiro atoms. The minimum absolute atomic E-state index is 0.197. The number of nitrogens with one attached hydrogen (secondary N) is 1. The van der Waals surface area contributed by atoms with Gasteiger partial charge in [0.05, 0.1) is 18.5 Å². The Morgan fingerprint density at radius 1 is 0.900 bits per heavy atom. The van der Waals surface area contributed by atoms with E-state index in [1.54, 1.807) is 6.07 Å². The molecule has 4 rings (SSSR count). The molecule has 1 amide bonds. The number of unbranched alkanes of at least 4 members (excludes halogenated alkanes) is 1. The maximum atomic E-state index is 13.4. The highest BCUT2D eigenvalue weighted by atomic mass is 32.2. The van der Waals surface area contributed by atoms with Crippen molar-refractivity contribution >= 4 is 21.7 Å². The van der Waals surface area contributed by atoms with Crippen LogP contribution in [-0.4, -0.2) is 73.6 Å². The fourth-order valence-electron chi connectivity index (χ4n) is 5.82. The van der Waals surface area contributed by atoms with Crippen LogP contribution in [0.15, 0.2) is 42.5 Å². The number of amides is 1. The van der Waals surface area contributed by atoms with E-state index in [2.05, 4.69) is 24.1 Å². The van der Waals surface area contributed by atoms with Crippen molar-refractivity contribution in [3.05, 3.63) is 59.2 Å². The third-order valence-electron chi connectivity index (χ3n) is 8.61. The Morgan fingerprint density at radius 2 is 1.52 bits per heavy atom. The molecule has 1 aliphatic heterocycles. The van der Waals surface area contributed by atoms with Gasteiger partial charge in [0.2, 0.25) is 0 Å². The summed E-state index contributed by atoms with van der Waals surface area (Å²) in [5, 5.41) is 12.2. The van der Waals surface area contributed by atoms with Crippen LogP contribution in [0.3, 0.4) is 0 Å². The number of sulfone groups is 1. The maximum Gasteiger partial charge on any atom is 0.326 e. The van der Waals surface area contributed by atoms with E-state index in [-0.39, 0.29) is 12.2 Å². The molecule has 2 N–H and O–H groups in total. The number of nitrogens with zero attached hydrogens (tertiary/aromatic N) is 1. The van der Waals surface area contributed by atoms with Gasteiger partial charge in [-0.15, -0.1) is 0 Å². The van der Waals surface area contributed by atoms with E-state index >= 15 is 0 Å². The second-order valence-electron chi connectivity index (χ2n) is 12.3. The summed E-state index contributed by atoms with van der Waals surface area (Å²) in [6.45, 7) is 20.8. The highest BCUT2D eigenvalue weighted by Gasteiger charge is 2.28. The zero-order chi connectivity index (χ0) is 38.1. The topological polar surface area (TPSA) is 113 Å². The lowest BCUT2D eigenvalue weighted by molar-refractivity contribution is -0.139. The summed E-state index contributed by atoms with van der Waals surface area (Å²) in [6.07, 6.45) is 12.3. The van der Waals surface area contributed by atoms with Crippen LogP contribution in [0.1, 0.15) is 141 Å². The quantitative estimate of drug-likeness (QED) is 0.212. The average Bonchev–Trinajstić information content (AvgIpc) is 3.58. The van der Waals surface area contributed by atoms with E-state index in [0.717, 1.165) is 73.9 Å². The molecule has 9 heteroatoms. The largest absolute Gasteiger partial charge is 0.480 e. The zero-order valence-electron chi connectivity index (χ0n) is 33.0. The average molecular weight is 719 g/mol. The first-order valence-corrected chi connectivity index (χ1v) is 21.3. The molecule has 50 heavy (non-hydrogen) atoms. The Balaban J connectivity index is 0.00000217. The number of aliphatic carboxylic acids is 1. The summed E-state index contributed by atoms with van der Waals surface area (Å²) in [6, 6.07) is 12.6. The molecule has 1 aliphatic carbocycles. The molecular weight excluding hydrogens is 649 g/mol. The van der Waals surface area contributed by atoms with Crippen LogP contribution in [0.25, 0.3) is 11.1 Å². The van der Waals surface area contributed by atoms with E-state index < -0.39 is 27.8 Å². The van der Waals surface area contributed by atoms with Crippen molar-refractivity contribution in [2.75, 3.05) is 25.2 Å². The van der Waals surface area contributed by atoms with Gasteiger partial charge in [0.15, 0.2) is 0 Å². The first-order chi connectivity index (χ1) is 24.0. The molecule has 0 bridgehead atoms. The lowest BCUT2D eigenvalue weighted by atomic mass is 9.93. The monoisotopic (exact) mass is 718 g/mol. The van der Waals surface area contributed by atoms with Gasteiger partial charge in [0, 0.05) is 24.4 Å². The van der Waals surface area contributed by atoms with Crippen molar-refractivity contribution in [1.29, 1.82) is 0 Å². The molecule has 1 saturated heterocycles. The normalized spacial score (nSPS) is 16.5. The summed E-state index contributed by atoms with van der Waals surface area (Å²) >= 11 is 0. The van der Waals surface area contributed by atoms with Gasteiger partial charge >= 0.3 is 5.97 Å². The zero-order valence-corrected chi connectivity index (χ0v) is 33.8. The molecule has 2 aliphatic rings. The molecule has 286 valence electrons. The Hall–Kier alpha value is -2.75. The number of carbonyl (C=O) groups is 2. The van der Waals surface area contributed by atoms with Gasteiger partial charge < -0.3 is 15.2 Å². The standard InChI is InChI=1S/C31H42N2O6S.C4H10.3C2H6/c1-22-9-6-7-13-26(22)28-19-23(20-33-17-8-10-24(33)21-39-25-11-4-3-5-12-25)14-15-27(28)30(34)32-29(31(35)36)16-18-40(2,37)38;1-3-4-2;3*1-2/h6-7,9,13-15,19,24-25,29H,3-5,8,10-12,16-18,20-21H2,1-2H3,(H,32,34)(H,35,36);3-4H2,1-2H3;3*1-2H3. The van der Waals surface area contributed by atoms with Gasteiger partial charge in [-0.1, -0.05) is 118 Å². The third kappa shape index (κ3) is 17.5. The fraction of sp³-hybridized carbons (Fsp3) is 0.659. The maximum absolute atomic E-state index is 13.4. The molecule has 2 aromatic rings. The molecular formula is C41H70N2O6S. The Kier molecular flexibility index (Phi) is 25.5. The van der Waals surface area contributed by atoms with E-state index in [4.69, 9.17) is 4.74 Å². The number of carbonyl (C=O) groups excluding carboxylic acids is 1. The fourth-order valence-corrected chi connectivity index (χ4v) is 6.48. The van der Waals surface area contributed by atoms with Crippen molar-refractivity contribution in [1.82, 2.24) is 10.2 Å². The van der Waals surface area contributed by atoms with E-state index in [9.17, 15) is 23.1 Å². The van der Waals surface area contributed by atoms with E-state index in [1.807, 2.05) is 84.9 Å². The van der Waals surface area contributed by atoms with Crippen LogP contribution in [0, 0.1) is 6.92 Å². The molecule has 1 heterocycles. The number of carboxylic acids is 1. The minimum Gasteiger partial charge on any atom is -0.480 e. The first kappa shape index (κ1) is 47.2. The van der Waals surface area contributed by atoms with E-state index in [1.165, 1.54) is 32.1 Å². The van der Waals surface area contributed by atoms with Crippen LogP contribution >= 0.6 is 0 Å². The Bertz CT molecular complexity index is 1320.